The van der Waals surface area contributed by atoms with Crippen LogP contribution in [0.15, 0.2) is 29.3 Å². The van der Waals surface area contributed by atoms with Gasteiger partial charge in [-0.25, -0.2) is 0 Å². The highest BCUT2D eigenvalue weighted by molar-refractivity contribution is 7.15. The Morgan fingerprint density at radius 3 is 2.56 bits per heavy atom. The number of nitrogens with zero attached hydrogens (tertiary/aromatic N) is 4. The molecule has 6 heteroatoms. The van der Waals surface area contributed by atoms with E-state index in [-0.39, 0.29) is 6.04 Å². The summed E-state index contributed by atoms with van der Waals surface area (Å²) in [6, 6.07) is 7.85. The van der Waals surface area contributed by atoms with E-state index >= 15 is 0 Å². The third-order valence-corrected chi connectivity index (χ3v) is 6.14. The van der Waals surface area contributed by atoms with Gasteiger partial charge in [-0.1, -0.05) is 30.7 Å². The minimum Gasteiger partial charge on any atom is -0.273 e. The van der Waals surface area contributed by atoms with Gasteiger partial charge in [-0.15, -0.1) is 21.5 Å². The SMILES string of the molecule is CCc1nnc2n1-c1sc(C)c(C)c1C(c1ccc(Cl)cc1)=N[C@H]2C. The van der Waals surface area contributed by atoms with Gasteiger partial charge >= 0.3 is 0 Å². The Bertz CT molecular complexity index is 982. The first-order valence-corrected chi connectivity index (χ1v) is 9.59. The van der Waals surface area contributed by atoms with Gasteiger partial charge in [-0.2, -0.15) is 0 Å². The molecule has 25 heavy (non-hydrogen) atoms. The number of aliphatic imine (C=N–C) groups is 1. The van der Waals surface area contributed by atoms with Crippen molar-refractivity contribution in [2.75, 3.05) is 0 Å². The van der Waals surface area contributed by atoms with Crippen molar-refractivity contribution in [2.45, 2.75) is 40.2 Å². The molecule has 1 aliphatic rings. The Balaban J connectivity index is 2.04. The molecule has 0 fully saturated rings. The maximum Gasteiger partial charge on any atom is 0.162 e. The number of rotatable bonds is 2. The lowest BCUT2D eigenvalue weighted by Crippen LogP contribution is -2.07. The molecule has 0 amide bonds. The monoisotopic (exact) mass is 370 g/mol. The zero-order valence-corrected chi connectivity index (χ0v) is 16.2. The first-order chi connectivity index (χ1) is 12.0. The standard InChI is InChI=1S/C19H19ClN4S/c1-5-15-22-23-18-11(3)21-17(13-6-8-14(20)9-7-13)16-10(2)12(4)25-19(16)24(15)18/h6-9,11H,5H2,1-4H3/t11-/m0/s1. The van der Waals surface area contributed by atoms with Gasteiger partial charge in [0.2, 0.25) is 0 Å². The van der Waals surface area contributed by atoms with Crippen LogP contribution in [0, 0.1) is 13.8 Å². The highest BCUT2D eigenvalue weighted by Gasteiger charge is 2.29. The average molecular weight is 371 g/mol. The van der Waals surface area contributed by atoms with E-state index in [2.05, 4.69) is 42.5 Å². The van der Waals surface area contributed by atoms with E-state index in [1.165, 1.54) is 21.0 Å². The molecule has 0 unspecified atom stereocenters. The van der Waals surface area contributed by atoms with Crippen molar-refractivity contribution >= 4 is 28.6 Å². The van der Waals surface area contributed by atoms with Crippen LogP contribution in [-0.4, -0.2) is 20.5 Å². The molecule has 1 aromatic carbocycles. The molecule has 128 valence electrons. The third-order valence-electron chi connectivity index (χ3n) is 4.69. The Hall–Kier alpha value is -1.98. The molecule has 2 aromatic heterocycles. The van der Waals surface area contributed by atoms with Gasteiger partial charge in [0, 0.05) is 27.4 Å². The zero-order chi connectivity index (χ0) is 17.7. The fourth-order valence-corrected chi connectivity index (χ4v) is 4.55. The van der Waals surface area contributed by atoms with E-state index in [9.17, 15) is 0 Å². The maximum absolute atomic E-state index is 6.08. The van der Waals surface area contributed by atoms with Crippen LogP contribution >= 0.6 is 22.9 Å². The Kier molecular flexibility index (Phi) is 4.01. The molecule has 0 spiro atoms. The van der Waals surface area contributed by atoms with Gasteiger partial charge in [0.1, 0.15) is 16.9 Å². The van der Waals surface area contributed by atoms with Crippen LogP contribution in [0.1, 0.15) is 53.1 Å². The van der Waals surface area contributed by atoms with Gasteiger partial charge in [0.25, 0.3) is 0 Å². The van der Waals surface area contributed by atoms with E-state index < -0.39 is 0 Å². The summed E-state index contributed by atoms with van der Waals surface area (Å²) in [4.78, 5) is 6.33. The molecule has 0 bridgehead atoms. The van der Waals surface area contributed by atoms with Gasteiger partial charge in [0.15, 0.2) is 5.82 Å². The minimum atomic E-state index is -0.0576. The van der Waals surface area contributed by atoms with Crippen molar-refractivity contribution in [1.29, 1.82) is 0 Å². The van der Waals surface area contributed by atoms with Crippen LogP contribution < -0.4 is 0 Å². The highest BCUT2D eigenvalue weighted by atomic mass is 35.5. The molecule has 0 saturated heterocycles. The van der Waals surface area contributed by atoms with Crippen molar-refractivity contribution in [2.24, 2.45) is 4.99 Å². The number of hydrogen-bond acceptors (Lipinski definition) is 4. The second kappa shape index (κ2) is 6.07. The summed E-state index contributed by atoms with van der Waals surface area (Å²) in [5, 5.41) is 10.7. The lowest BCUT2D eigenvalue weighted by atomic mass is 10.00. The molecule has 0 saturated carbocycles. The number of halogens is 1. The smallest absolute Gasteiger partial charge is 0.162 e. The van der Waals surface area contributed by atoms with Gasteiger partial charge in [-0.05, 0) is 38.5 Å². The topological polar surface area (TPSA) is 43.1 Å². The largest absolute Gasteiger partial charge is 0.273 e. The van der Waals surface area contributed by atoms with Crippen molar-refractivity contribution < 1.29 is 0 Å². The summed E-state index contributed by atoms with van der Waals surface area (Å²) < 4.78 is 2.21. The molecular formula is C19H19ClN4S. The Morgan fingerprint density at radius 2 is 1.88 bits per heavy atom. The fourth-order valence-electron chi connectivity index (χ4n) is 3.24. The number of aromatic nitrogens is 3. The number of hydrogen-bond donors (Lipinski definition) is 0. The summed E-state index contributed by atoms with van der Waals surface area (Å²) in [6.45, 7) is 8.52. The number of benzene rings is 1. The molecule has 0 aliphatic carbocycles. The second-order valence-electron chi connectivity index (χ2n) is 6.29. The highest BCUT2D eigenvalue weighted by Crippen LogP contribution is 2.38. The summed E-state index contributed by atoms with van der Waals surface area (Å²) in [6.07, 6.45) is 0.839. The van der Waals surface area contributed by atoms with Crippen molar-refractivity contribution in [3.05, 3.63) is 62.5 Å². The molecule has 0 N–H and O–H groups in total. The van der Waals surface area contributed by atoms with Gasteiger partial charge < -0.3 is 0 Å². The Morgan fingerprint density at radius 1 is 1.16 bits per heavy atom. The predicted octanol–water partition coefficient (Wildman–Crippen LogP) is 5.07. The van der Waals surface area contributed by atoms with E-state index in [0.717, 1.165) is 34.4 Å². The molecule has 4 nitrogen and oxygen atoms in total. The third kappa shape index (κ3) is 2.53. The lowest BCUT2D eigenvalue weighted by molar-refractivity contribution is 0.721. The predicted molar refractivity (Wildman–Crippen MR) is 104 cm³/mol. The lowest BCUT2D eigenvalue weighted by Gasteiger charge is -2.10. The number of aryl methyl sites for hydroxylation is 2. The van der Waals surface area contributed by atoms with Crippen LogP contribution in [0.2, 0.25) is 5.02 Å². The van der Waals surface area contributed by atoms with Gasteiger partial charge in [0.05, 0.1) is 5.71 Å². The van der Waals surface area contributed by atoms with E-state index in [4.69, 9.17) is 16.6 Å². The zero-order valence-electron chi connectivity index (χ0n) is 14.7. The quantitative estimate of drug-likeness (QED) is 0.631. The first kappa shape index (κ1) is 16.5. The van der Waals surface area contributed by atoms with Crippen LogP contribution in [0.25, 0.3) is 5.00 Å². The van der Waals surface area contributed by atoms with Crippen LogP contribution in [0.4, 0.5) is 0 Å². The number of fused-ring (bicyclic) bond motifs is 3. The van der Waals surface area contributed by atoms with Crippen LogP contribution in [0.3, 0.4) is 0 Å². The summed E-state index contributed by atoms with van der Waals surface area (Å²) in [5.74, 6) is 1.89. The molecule has 0 radical (unpaired) electrons. The molecule has 4 rings (SSSR count). The van der Waals surface area contributed by atoms with E-state index in [1.807, 2.05) is 24.3 Å². The van der Waals surface area contributed by atoms with Crippen molar-refractivity contribution in [1.82, 2.24) is 14.8 Å². The molecule has 1 atom stereocenters. The van der Waals surface area contributed by atoms with E-state index in [1.54, 1.807) is 11.3 Å². The van der Waals surface area contributed by atoms with Crippen LogP contribution in [-0.2, 0) is 6.42 Å². The Labute approximate surface area is 156 Å². The number of thiophene rings is 1. The minimum absolute atomic E-state index is 0.0576. The summed E-state index contributed by atoms with van der Waals surface area (Å²) in [5.41, 5.74) is 4.54. The van der Waals surface area contributed by atoms with E-state index in [0.29, 0.717) is 0 Å². The first-order valence-electron chi connectivity index (χ1n) is 8.40. The molecule has 3 heterocycles. The maximum atomic E-state index is 6.08. The summed E-state index contributed by atoms with van der Waals surface area (Å²) in [7, 11) is 0. The fraction of sp³-hybridized carbons (Fsp3) is 0.316. The summed E-state index contributed by atoms with van der Waals surface area (Å²) >= 11 is 7.87. The average Bonchev–Trinajstić information content (AvgIpc) is 3.12. The normalized spacial score (nSPS) is 16.2. The van der Waals surface area contributed by atoms with Crippen molar-refractivity contribution in [3.8, 4) is 5.00 Å². The van der Waals surface area contributed by atoms with Crippen LogP contribution in [0.5, 0.6) is 0 Å². The van der Waals surface area contributed by atoms with Gasteiger partial charge in [-0.3, -0.25) is 9.56 Å². The molecule has 1 aliphatic heterocycles. The molecular weight excluding hydrogens is 352 g/mol. The second-order valence-corrected chi connectivity index (χ2v) is 7.93. The molecule has 3 aromatic rings. The van der Waals surface area contributed by atoms with Crippen molar-refractivity contribution in [3.63, 3.8) is 0 Å².